The summed E-state index contributed by atoms with van der Waals surface area (Å²) >= 11 is 12.7. The molecule has 0 spiro atoms. The second-order valence-corrected chi connectivity index (χ2v) is 8.31. The van der Waals surface area contributed by atoms with Gasteiger partial charge in [-0.05, 0) is 18.9 Å². The van der Waals surface area contributed by atoms with Crippen molar-refractivity contribution in [2.24, 2.45) is 0 Å². The largest absolute Gasteiger partial charge is 0.248 e. The zero-order valence-electron chi connectivity index (χ0n) is 10.1. The van der Waals surface area contributed by atoms with Gasteiger partial charge < -0.3 is 0 Å². The number of hydrogen-bond donors (Lipinski definition) is 1. The van der Waals surface area contributed by atoms with Gasteiger partial charge in [-0.1, -0.05) is 23.2 Å². The fourth-order valence-electron chi connectivity index (χ4n) is 2.16. The van der Waals surface area contributed by atoms with Crippen LogP contribution in [0.3, 0.4) is 0 Å². The molecule has 0 bridgehead atoms. The molecular formula is C10H10Cl2N4O2S2. The molecule has 0 amide bonds. The molecule has 6 nitrogen and oxygen atoms in total. The van der Waals surface area contributed by atoms with Crippen molar-refractivity contribution in [3.8, 4) is 0 Å². The zero-order valence-corrected chi connectivity index (χ0v) is 13.2. The van der Waals surface area contributed by atoms with E-state index in [-0.39, 0.29) is 9.23 Å². The van der Waals surface area contributed by atoms with Crippen LogP contribution < -0.4 is 4.72 Å². The highest BCUT2D eigenvalue weighted by molar-refractivity contribution is 7.89. The summed E-state index contributed by atoms with van der Waals surface area (Å²) in [5.74, 6) is 0.622. The average molecular weight is 353 g/mol. The monoisotopic (exact) mass is 352 g/mol. The Bertz CT molecular complexity index is 740. The van der Waals surface area contributed by atoms with E-state index in [0.29, 0.717) is 16.6 Å². The first kappa shape index (κ1) is 14.3. The molecule has 1 N–H and O–H groups in total. The summed E-state index contributed by atoms with van der Waals surface area (Å²) in [4.78, 5) is 4.12. The van der Waals surface area contributed by atoms with Crippen LogP contribution in [-0.2, 0) is 16.6 Å². The van der Waals surface area contributed by atoms with Crippen LogP contribution in [0.25, 0.3) is 0 Å². The maximum atomic E-state index is 12.4. The molecule has 1 aliphatic heterocycles. The van der Waals surface area contributed by atoms with Gasteiger partial charge >= 0.3 is 0 Å². The molecule has 10 heteroatoms. The third-order valence-electron chi connectivity index (χ3n) is 3.03. The smallest absolute Gasteiger partial charge is 0.243 e. The summed E-state index contributed by atoms with van der Waals surface area (Å²) in [6.45, 7) is 0.749. The number of halogens is 2. The summed E-state index contributed by atoms with van der Waals surface area (Å²) in [7, 11) is -3.73. The van der Waals surface area contributed by atoms with Crippen molar-refractivity contribution in [2.75, 3.05) is 0 Å². The summed E-state index contributed by atoms with van der Waals surface area (Å²) < 4.78 is 29.5. The molecule has 108 valence electrons. The van der Waals surface area contributed by atoms with Gasteiger partial charge in [0.05, 0.1) is 10.4 Å². The van der Waals surface area contributed by atoms with E-state index in [0.717, 1.165) is 24.3 Å². The van der Waals surface area contributed by atoms with Gasteiger partial charge in [0.15, 0.2) is 0 Å². The number of aryl methyl sites for hydroxylation is 1. The van der Waals surface area contributed by atoms with Gasteiger partial charge in [0.2, 0.25) is 10.0 Å². The van der Waals surface area contributed by atoms with Gasteiger partial charge in [0.1, 0.15) is 21.4 Å². The van der Waals surface area contributed by atoms with E-state index in [9.17, 15) is 8.42 Å². The molecule has 3 heterocycles. The Kier molecular flexibility index (Phi) is 3.76. The molecule has 20 heavy (non-hydrogen) atoms. The number of rotatable bonds is 3. The van der Waals surface area contributed by atoms with Crippen molar-refractivity contribution < 1.29 is 8.42 Å². The molecule has 2 aromatic heterocycles. The van der Waals surface area contributed by atoms with Crippen molar-refractivity contribution in [1.82, 2.24) is 19.5 Å². The van der Waals surface area contributed by atoms with Crippen LogP contribution in [0.15, 0.2) is 17.3 Å². The first-order valence-corrected chi connectivity index (χ1v) is 8.88. The Morgan fingerprint density at radius 1 is 1.45 bits per heavy atom. The summed E-state index contributed by atoms with van der Waals surface area (Å²) in [5, 5.41) is 4.06. The predicted octanol–water partition coefficient (Wildman–Crippen LogP) is 2.46. The van der Waals surface area contributed by atoms with E-state index < -0.39 is 16.1 Å². The highest BCUT2D eigenvalue weighted by Gasteiger charge is 2.29. The first-order valence-electron chi connectivity index (χ1n) is 5.82. The van der Waals surface area contributed by atoms with Crippen LogP contribution in [-0.4, -0.2) is 23.2 Å². The van der Waals surface area contributed by atoms with E-state index >= 15 is 0 Å². The maximum Gasteiger partial charge on any atom is 0.243 e. The van der Waals surface area contributed by atoms with Crippen molar-refractivity contribution in [1.29, 1.82) is 0 Å². The highest BCUT2D eigenvalue weighted by atomic mass is 35.5. The topological polar surface area (TPSA) is 76.9 Å². The number of nitrogens with one attached hydrogen (secondary N) is 1. The number of nitrogens with zero attached hydrogens (tertiary/aromatic N) is 3. The molecule has 3 rings (SSSR count). The zero-order chi connectivity index (χ0) is 14.3. The minimum absolute atomic E-state index is 0.00538. The summed E-state index contributed by atoms with van der Waals surface area (Å²) in [6.07, 6.45) is 2.94. The number of fused-ring (bicyclic) bond motifs is 1. The Balaban J connectivity index is 1.91. The van der Waals surface area contributed by atoms with Gasteiger partial charge in [-0.2, -0.15) is 5.10 Å². The van der Waals surface area contributed by atoms with E-state index in [4.69, 9.17) is 23.2 Å². The third-order valence-corrected chi connectivity index (χ3v) is 6.26. The van der Waals surface area contributed by atoms with E-state index in [1.54, 1.807) is 4.68 Å². The average Bonchev–Trinajstić information content (AvgIpc) is 2.96. The molecule has 0 fully saturated rings. The van der Waals surface area contributed by atoms with Crippen molar-refractivity contribution >= 4 is 44.6 Å². The Hall–Kier alpha value is -0.670. The van der Waals surface area contributed by atoms with E-state index in [2.05, 4.69) is 14.8 Å². The normalized spacial score (nSPS) is 19.0. The fourth-order valence-corrected chi connectivity index (χ4v) is 5.54. The first-order chi connectivity index (χ1) is 9.47. The number of hydrogen-bond acceptors (Lipinski definition) is 5. The maximum absolute atomic E-state index is 12.4. The fraction of sp³-hybridized carbons (Fsp3) is 0.400. The van der Waals surface area contributed by atoms with Crippen LogP contribution in [0.4, 0.5) is 0 Å². The number of sulfonamides is 1. The standard InChI is InChI=1S/C10H10Cl2N4O2S2/c11-8-4-7(9(12)19-8)20(17,18)15-6-2-1-3-16-10(6)13-5-14-16/h4-6,15H,1-3H2. The van der Waals surface area contributed by atoms with Gasteiger partial charge in [-0.25, -0.2) is 22.8 Å². The van der Waals surface area contributed by atoms with E-state index in [1.165, 1.54) is 12.4 Å². The molecule has 1 atom stereocenters. The quantitative estimate of drug-likeness (QED) is 0.920. The van der Waals surface area contributed by atoms with Crippen molar-refractivity contribution in [3.05, 3.63) is 26.9 Å². The lowest BCUT2D eigenvalue weighted by atomic mass is 10.1. The van der Waals surface area contributed by atoms with Crippen LogP contribution >= 0.6 is 34.5 Å². The van der Waals surface area contributed by atoms with Crippen LogP contribution in [0.2, 0.25) is 8.67 Å². The van der Waals surface area contributed by atoms with Crippen LogP contribution in [0.5, 0.6) is 0 Å². The summed E-state index contributed by atoms with van der Waals surface area (Å²) in [6, 6.07) is 0.954. The Morgan fingerprint density at radius 2 is 2.25 bits per heavy atom. The highest BCUT2D eigenvalue weighted by Crippen LogP contribution is 2.35. The lowest BCUT2D eigenvalue weighted by Gasteiger charge is -2.22. The second kappa shape index (κ2) is 5.27. The van der Waals surface area contributed by atoms with Crippen LogP contribution in [0, 0.1) is 0 Å². The van der Waals surface area contributed by atoms with Gasteiger partial charge in [-0.15, -0.1) is 11.3 Å². The lowest BCUT2D eigenvalue weighted by molar-refractivity contribution is 0.400. The summed E-state index contributed by atoms with van der Waals surface area (Å²) in [5.41, 5.74) is 0. The molecular weight excluding hydrogens is 343 g/mol. The minimum atomic E-state index is -3.73. The molecule has 0 aliphatic carbocycles. The van der Waals surface area contributed by atoms with E-state index in [1.807, 2.05) is 0 Å². The molecule has 1 unspecified atom stereocenters. The minimum Gasteiger partial charge on any atom is -0.248 e. The molecule has 0 saturated heterocycles. The second-order valence-electron chi connectivity index (χ2n) is 4.35. The van der Waals surface area contributed by atoms with Crippen LogP contribution in [0.1, 0.15) is 24.7 Å². The molecule has 0 aromatic carbocycles. The predicted molar refractivity (Wildman–Crippen MR) is 76.7 cm³/mol. The Labute approximate surface area is 129 Å². The third kappa shape index (κ3) is 2.58. The Morgan fingerprint density at radius 3 is 2.95 bits per heavy atom. The van der Waals surface area contributed by atoms with Gasteiger partial charge in [0, 0.05) is 6.54 Å². The number of thiophene rings is 1. The van der Waals surface area contributed by atoms with Crippen molar-refractivity contribution in [2.45, 2.75) is 30.3 Å². The molecule has 0 saturated carbocycles. The molecule has 0 radical (unpaired) electrons. The lowest BCUT2D eigenvalue weighted by Crippen LogP contribution is -2.33. The van der Waals surface area contributed by atoms with Gasteiger partial charge in [0.25, 0.3) is 0 Å². The molecule has 2 aromatic rings. The van der Waals surface area contributed by atoms with Gasteiger partial charge in [-0.3, -0.25) is 0 Å². The molecule has 1 aliphatic rings. The van der Waals surface area contributed by atoms with Crippen molar-refractivity contribution in [3.63, 3.8) is 0 Å². The SMILES string of the molecule is O=S(=O)(NC1CCCn2ncnc21)c1cc(Cl)sc1Cl. The number of aromatic nitrogens is 3.